The molecule has 0 bridgehead atoms. The van der Waals surface area contributed by atoms with Gasteiger partial charge in [0.05, 0.1) is 42.5 Å². The van der Waals surface area contributed by atoms with E-state index >= 15 is 0 Å². The van der Waals surface area contributed by atoms with Crippen LogP contribution >= 0.6 is 0 Å². The van der Waals surface area contributed by atoms with Crippen LogP contribution in [0.25, 0.3) is 5.57 Å². The molecule has 3 aromatic rings. The van der Waals surface area contributed by atoms with Gasteiger partial charge in [0.15, 0.2) is 5.69 Å². The molecule has 5 rings (SSSR count). The third kappa shape index (κ3) is 3.65. The third-order valence-electron chi connectivity index (χ3n) is 5.94. The molecule has 0 unspecified atom stereocenters. The lowest BCUT2D eigenvalue weighted by Crippen LogP contribution is -2.36. The van der Waals surface area contributed by atoms with Gasteiger partial charge in [0.2, 0.25) is 0 Å². The standard InChI is InChI=1S/C23H25N7O2/c1-13-14(2)28-29-21(13)23(31)26-15-10-17-16(11-18(24)22(17)25-12-15)19-4-3-5-20(27-19)30-6-8-32-9-7-30/h3-5,10-12,18H,6-9,24H2,1-2H3,(H,26,31)(H,28,29)/t18-/m0/s1. The first-order valence-electron chi connectivity index (χ1n) is 10.6. The molecule has 0 spiro atoms. The summed E-state index contributed by atoms with van der Waals surface area (Å²) in [4.78, 5) is 24.3. The molecule has 0 aromatic carbocycles. The zero-order valence-electron chi connectivity index (χ0n) is 18.1. The molecule has 9 heteroatoms. The van der Waals surface area contributed by atoms with Gasteiger partial charge in [-0.3, -0.25) is 14.9 Å². The summed E-state index contributed by atoms with van der Waals surface area (Å²) in [6, 6.07) is 7.55. The van der Waals surface area contributed by atoms with Crippen LogP contribution in [-0.2, 0) is 4.74 Å². The molecule has 4 N–H and O–H groups in total. The number of pyridine rings is 2. The third-order valence-corrected chi connectivity index (χ3v) is 5.94. The average Bonchev–Trinajstić information content (AvgIpc) is 3.33. The minimum absolute atomic E-state index is 0.283. The Balaban J connectivity index is 1.44. The molecule has 0 radical (unpaired) electrons. The fourth-order valence-electron chi connectivity index (χ4n) is 4.03. The zero-order valence-corrected chi connectivity index (χ0v) is 18.1. The molecule has 0 saturated carbocycles. The molecule has 2 aliphatic rings. The van der Waals surface area contributed by atoms with E-state index < -0.39 is 0 Å². The van der Waals surface area contributed by atoms with Gasteiger partial charge in [-0.2, -0.15) is 5.10 Å². The first-order chi connectivity index (χ1) is 15.5. The monoisotopic (exact) mass is 431 g/mol. The highest BCUT2D eigenvalue weighted by atomic mass is 16.5. The number of amides is 1. The number of carbonyl (C=O) groups excluding carboxylic acids is 1. The van der Waals surface area contributed by atoms with Crippen molar-refractivity contribution in [2.75, 3.05) is 36.5 Å². The molecular weight excluding hydrogens is 406 g/mol. The van der Waals surface area contributed by atoms with E-state index in [9.17, 15) is 4.79 Å². The van der Waals surface area contributed by atoms with E-state index in [1.807, 2.05) is 44.2 Å². The summed E-state index contributed by atoms with van der Waals surface area (Å²) in [6.07, 6.45) is 3.59. The number of hydrogen-bond donors (Lipinski definition) is 3. The van der Waals surface area contributed by atoms with Crippen LogP contribution in [0.5, 0.6) is 0 Å². The number of nitrogens with zero attached hydrogens (tertiary/aromatic N) is 4. The summed E-state index contributed by atoms with van der Waals surface area (Å²) in [5, 5.41) is 9.84. The summed E-state index contributed by atoms with van der Waals surface area (Å²) in [6.45, 7) is 6.77. The van der Waals surface area contributed by atoms with Crippen LogP contribution in [0.2, 0.25) is 0 Å². The van der Waals surface area contributed by atoms with Gasteiger partial charge in [0, 0.05) is 35.5 Å². The van der Waals surface area contributed by atoms with Crippen molar-refractivity contribution in [1.82, 2.24) is 20.2 Å². The van der Waals surface area contributed by atoms with Crippen LogP contribution in [0.15, 0.2) is 36.5 Å². The number of aromatic nitrogens is 4. The van der Waals surface area contributed by atoms with Gasteiger partial charge in [0.25, 0.3) is 5.91 Å². The number of morpholine rings is 1. The predicted octanol–water partition coefficient (Wildman–Crippen LogP) is 2.35. The number of aromatic amines is 1. The van der Waals surface area contributed by atoms with Crippen molar-refractivity contribution >= 4 is 23.0 Å². The van der Waals surface area contributed by atoms with Gasteiger partial charge in [0.1, 0.15) is 5.82 Å². The van der Waals surface area contributed by atoms with Crippen LogP contribution in [0, 0.1) is 13.8 Å². The number of rotatable bonds is 4. The second-order valence-electron chi connectivity index (χ2n) is 8.02. The molecule has 1 fully saturated rings. The lowest BCUT2D eigenvalue weighted by Gasteiger charge is -2.28. The van der Waals surface area contributed by atoms with Crippen LogP contribution in [0.4, 0.5) is 11.5 Å². The molecule has 164 valence electrons. The van der Waals surface area contributed by atoms with Gasteiger partial charge in [-0.05, 0) is 32.0 Å². The highest BCUT2D eigenvalue weighted by Crippen LogP contribution is 2.37. The lowest BCUT2D eigenvalue weighted by atomic mass is 10.1. The zero-order chi connectivity index (χ0) is 22.2. The highest BCUT2D eigenvalue weighted by molar-refractivity contribution is 6.04. The summed E-state index contributed by atoms with van der Waals surface area (Å²) in [5.74, 6) is 0.629. The van der Waals surface area contributed by atoms with Crippen molar-refractivity contribution in [2.45, 2.75) is 19.9 Å². The van der Waals surface area contributed by atoms with Gasteiger partial charge in [-0.15, -0.1) is 0 Å². The molecule has 9 nitrogen and oxygen atoms in total. The molecule has 1 amide bonds. The van der Waals surface area contributed by atoms with E-state index in [1.54, 1.807) is 6.20 Å². The van der Waals surface area contributed by atoms with Gasteiger partial charge in [-0.25, -0.2) is 4.98 Å². The number of H-pyrrole nitrogens is 1. The minimum Gasteiger partial charge on any atom is -0.378 e. The molecule has 1 aliphatic carbocycles. The summed E-state index contributed by atoms with van der Waals surface area (Å²) >= 11 is 0. The van der Waals surface area contributed by atoms with Crippen molar-refractivity contribution < 1.29 is 9.53 Å². The van der Waals surface area contributed by atoms with Crippen molar-refractivity contribution in [3.8, 4) is 0 Å². The lowest BCUT2D eigenvalue weighted by molar-refractivity contribution is 0.102. The Labute approximate surface area is 185 Å². The maximum absolute atomic E-state index is 12.7. The Morgan fingerprint density at radius 1 is 1.28 bits per heavy atom. The minimum atomic E-state index is -0.324. The van der Waals surface area contributed by atoms with E-state index in [1.165, 1.54) is 0 Å². The summed E-state index contributed by atoms with van der Waals surface area (Å²) in [5.41, 5.74) is 12.3. The number of ether oxygens (including phenoxy) is 1. The maximum atomic E-state index is 12.7. The van der Waals surface area contributed by atoms with E-state index in [2.05, 4.69) is 25.4 Å². The number of nitrogens with two attached hydrogens (primary N) is 1. The van der Waals surface area contributed by atoms with Gasteiger partial charge >= 0.3 is 0 Å². The Kier molecular flexibility index (Phi) is 5.20. The van der Waals surface area contributed by atoms with Crippen LogP contribution in [0.3, 0.4) is 0 Å². The second kappa shape index (κ2) is 8.18. The van der Waals surface area contributed by atoms with E-state index in [0.717, 1.165) is 52.7 Å². The Hall–Kier alpha value is -3.56. The van der Waals surface area contributed by atoms with Gasteiger partial charge in [-0.1, -0.05) is 12.1 Å². The SMILES string of the molecule is Cc1[nH]nc(C(=O)Nc2cnc3c(c2)C(c2cccc(N4CCOCC4)n2)=C[C@@H]3N)c1C. The second-order valence-corrected chi connectivity index (χ2v) is 8.02. The van der Waals surface area contributed by atoms with Crippen molar-refractivity contribution in [1.29, 1.82) is 0 Å². The molecule has 4 heterocycles. The molecule has 1 aliphatic heterocycles. The number of fused-ring (bicyclic) bond motifs is 1. The topological polar surface area (TPSA) is 122 Å². The first-order valence-corrected chi connectivity index (χ1v) is 10.6. The molecule has 1 saturated heterocycles. The van der Waals surface area contributed by atoms with E-state index in [4.69, 9.17) is 15.5 Å². The summed E-state index contributed by atoms with van der Waals surface area (Å²) < 4.78 is 5.45. The number of nitrogens with one attached hydrogen (secondary N) is 2. The van der Waals surface area contributed by atoms with Crippen LogP contribution in [0.1, 0.15) is 44.7 Å². The smallest absolute Gasteiger partial charge is 0.276 e. The van der Waals surface area contributed by atoms with Crippen molar-refractivity contribution in [3.05, 3.63) is 70.4 Å². The number of anilines is 2. The molecular formula is C23H25N7O2. The summed E-state index contributed by atoms with van der Waals surface area (Å²) in [7, 11) is 0. The molecule has 1 atom stereocenters. The maximum Gasteiger partial charge on any atom is 0.276 e. The first kappa shape index (κ1) is 20.3. The normalized spacial score (nSPS) is 17.8. The predicted molar refractivity (Wildman–Crippen MR) is 122 cm³/mol. The highest BCUT2D eigenvalue weighted by Gasteiger charge is 2.26. The van der Waals surface area contributed by atoms with Crippen LogP contribution < -0.4 is 16.0 Å². The van der Waals surface area contributed by atoms with E-state index in [0.29, 0.717) is 24.6 Å². The molecule has 32 heavy (non-hydrogen) atoms. The largest absolute Gasteiger partial charge is 0.378 e. The quantitative estimate of drug-likeness (QED) is 0.580. The average molecular weight is 432 g/mol. The molecule has 3 aromatic heterocycles. The fraction of sp³-hybridized carbons (Fsp3) is 0.304. The van der Waals surface area contributed by atoms with Crippen molar-refractivity contribution in [2.24, 2.45) is 5.73 Å². The van der Waals surface area contributed by atoms with Crippen molar-refractivity contribution in [3.63, 3.8) is 0 Å². The fourth-order valence-corrected chi connectivity index (χ4v) is 4.03. The number of carbonyl (C=O) groups is 1. The van der Waals surface area contributed by atoms with Crippen LogP contribution in [-0.4, -0.2) is 52.4 Å². The van der Waals surface area contributed by atoms with Gasteiger partial charge < -0.3 is 20.7 Å². The Morgan fingerprint density at radius 3 is 2.84 bits per heavy atom. The number of hydrogen-bond acceptors (Lipinski definition) is 7. The Morgan fingerprint density at radius 2 is 2.09 bits per heavy atom. The Bertz CT molecular complexity index is 1210. The van der Waals surface area contributed by atoms with E-state index in [-0.39, 0.29) is 11.9 Å². The number of aryl methyl sites for hydroxylation is 1.